The number of hydrogen-bond acceptors (Lipinski definition) is 4. The normalized spacial score (nSPS) is 10.1. The van der Waals surface area contributed by atoms with Gasteiger partial charge in [0.25, 0.3) is 0 Å². The average molecular weight is 225 g/mol. The van der Waals surface area contributed by atoms with Crippen LogP contribution in [0.25, 0.3) is 11.4 Å². The molecular weight excluding hydrogens is 220 g/mol. The van der Waals surface area contributed by atoms with Crippen LogP contribution in [-0.4, -0.2) is 15.6 Å². The molecule has 1 heterocycles. The molecule has 70 valence electrons. The Bertz CT molecular complexity index is 469. The molecule has 3 nitrogen and oxygen atoms in total. The first kappa shape index (κ1) is 9.30. The molecule has 0 spiro atoms. The molecule has 0 fully saturated rings. The first-order valence-electron chi connectivity index (χ1n) is 3.84. The van der Waals surface area contributed by atoms with Crippen molar-refractivity contribution in [3.8, 4) is 11.4 Å². The second kappa shape index (κ2) is 3.86. The van der Waals surface area contributed by atoms with Gasteiger partial charge in [-0.3, -0.25) is 4.79 Å². The van der Waals surface area contributed by atoms with E-state index in [1.165, 1.54) is 0 Å². The van der Waals surface area contributed by atoms with E-state index in [1.54, 1.807) is 12.1 Å². The van der Waals surface area contributed by atoms with E-state index in [1.807, 2.05) is 12.1 Å². The molecule has 0 aliphatic heterocycles. The summed E-state index contributed by atoms with van der Waals surface area (Å²) in [5, 5.41) is 1.00. The molecule has 0 bridgehead atoms. The van der Waals surface area contributed by atoms with Crippen LogP contribution in [0.2, 0.25) is 5.02 Å². The summed E-state index contributed by atoms with van der Waals surface area (Å²) in [5.41, 5.74) is 0.821. The highest BCUT2D eigenvalue weighted by atomic mass is 35.5. The third-order valence-electron chi connectivity index (χ3n) is 1.63. The van der Waals surface area contributed by atoms with Crippen LogP contribution in [0.5, 0.6) is 0 Å². The van der Waals surface area contributed by atoms with E-state index in [2.05, 4.69) is 9.36 Å². The quantitative estimate of drug-likeness (QED) is 0.737. The zero-order valence-corrected chi connectivity index (χ0v) is 8.55. The van der Waals surface area contributed by atoms with Gasteiger partial charge in [-0.1, -0.05) is 23.7 Å². The van der Waals surface area contributed by atoms with Crippen molar-refractivity contribution in [2.75, 3.05) is 0 Å². The molecule has 2 rings (SSSR count). The standard InChI is InChI=1S/C9H5ClN2OS/c10-7-3-1-2-6(4-7)9-11-8(5-13)14-12-9/h1-5H. The smallest absolute Gasteiger partial charge is 0.180 e. The fourth-order valence-electron chi connectivity index (χ4n) is 1.03. The van der Waals surface area contributed by atoms with Crippen molar-refractivity contribution in [3.05, 3.63) is 34.3 Å². The summed E-state index contributed by atoms with van der Waals surface area (Å²) < 4.78 is 4.04. The van der Waals surface area contributed by atoms with Gasteiger partial charge in [0, 0.05) is 10.6 Å². The van der Waals surface area contributed by atoms with Gasteiger partial charge in [0.15, 0.2) is 17.1 Å². The van der Waals surface area contributed by atoms with Crippen LogP contribution >= 0.6 is 23.1 Å². The number of hydrogen-bond donors (Lipinski definition) is 0. The van der Waals surface area contributed by atoms with Crippen LogP contribution in [-0.2, 0) is 0 Å². The minimum Gasteiger partial charge on any atom is -0.295 e. The Morgan fingerprint density at radius 3 is 2.93 bits per heavy atom. The van der Waals surface area contributed by atoms with E-state index >= 15 is 0 Å². The number of nitrogens with zero attached hydrogens (tertiary/aromatic N) is 2. The highest BCUT2D eigenvalue weighted by Gasteiger charge is 2.05. The predicted molar refractivity (Wildman–Crippen MR) is 55.7 cm³/mol. The lowest BCUT2D eigenvalue weighted by atomic mass is 10.2. The molecule has 0 saturated heterocycles. The van der Waals surface area contributed by atoms with Crippen molar-refractivity contribution in [2.24, 2.45) is 0 Å². The summed E-state index contributed by atoms with van der Waals surface area (Å²) in [6.07, 6.45) is 0.686. The van der Waals surface area contributed by atoms with Gasteiger partial charge >= 0.3 is 0 Å². The minimum absolute atomic E-state index is 0.375. The van der Waals surface area contributed by atoms with Gasteiger partial charge in [-0.2, -0.15) is 4.37 Å². The van der Waals surface area contributed by atoms with Gasteiger partial charge in [-0.25, -0.2) is 4.98 Å². The highest BCUT2D eigenvalue weighted by molar-refractivity contribution is 7.07. The lowest BCUT2D eigenvalue weighted by Gasteiger charge is -1.94. The van der Waals surface area contributed by atoms with Crippen molar-refractivity contribution in [1.29, 1.82) is 0 Å². The van der Waals surface area contributed by atoms with E-state index < -0.39 is 0 Å². The van der Waals surface area contributed by atoms with Gasteiger partial charge in [0.1, 0.15) is 0 Å². The third kappa shape index (κ3) is 1.81. The topological polar surface area (TPSA) is 42.9 Å². The molecule has 0 N–H and O–H groups in total. The van der Waals surface area contributed by atoms with E-state index in [9.17, 15) is 4.79 Å². The van der Waals surface area contributed by atoms with E-state index in [0.717, 1.165) is 17.1 Å². The summed E-state index contributed by atoms with van der Waals surface area (Å²) >= 11 is 6.89. The van der Waals surface area contributed by atoms with Crippen molar-refractivity contribution in [2.45, 2.75) is 0 Å². The van der Waals surface area contributed by atoms with Gasteiger partial charge in [-0.05, 0) is 23.7 Å². The lowest BCUT2D eigenvalue weighted by molar-refractivity contribution is 0.112. The van der Waals surface area contributed by atoms with Crippen LogP contribution in [0, 0.1) is 0 Å². The number of benzene rings is 1. The van der Waals surface area contributed by atoms with Crippen LogP contribution in [0.1, 0.15) is 9.80 Å². The summed E-state index contributed by atoms with van der Waals surface area (Å²) in [6, 6.07) is 7.21. The fourth-order valence-corrected chi connectivity index (χ4v) is 1.71. The Morgan fingerprint density at radius 2 is 2.29 bits per heavy atom. The third-order valence-corrected chi connectivity index (χ3v) is 2.50. The van der Waals surface area contributed by atoms with E-state index in [4.69, 9.17) is 11.6 Å². The van der Waals surface area contributed by atoms with Crippen molar-refractivity contribution >= 4 is 29.4 Å². The fraction of sp³-hybridized carbons (Fsp3) is 0. The number of carbonyl (C=O) groups excluding carboxylic acids is 1. The summed E-state index contributed by atoms with van der Waals surface area (Å²) in [6.45, 7) is 0. The SMILES string of the molecule is O=Cc1nc(-c2cccc(Cl)c2)ns1. The molecule has 1 aromatic carbocycles. The first-order valence-corrected chi connectivity index (χ1v) is 4.99. The molecule has 0 amide bonds. The Labute approximate surface area is 89.5 Å². The van der Waals surface area contributed by atoms with Crippen LogP contribution < -0.4 is 0 Å². The van der Waals surface area contributed by atoms with Crippen LogP contribution in [0.15, 0.2) is 24.3 Å². The van der Waals surface area contributed by atoms with Crippen LogP contribution in [0.4, 0.5) is 0 Å². The molecule has 5 heteroatoms. The number of aromatic nitrogens is 2. The maximum absolute atomic E-state index is 10.4. The molecule has 0 unspecified atom stereocenters. The highest BCUT2D eigenvalue weighted by Crippen LogP contribution is 2.20. The average Bonchev–Trinajstić information content (AvgIpc) is 2.66. The maximum atomic E-state index is 10.4. The first-order chi connectivity index (χ1) is 6.79. The van der Waals surface area contributed by atoms with Crippen molar-refractivity contribution in [3.63, 3.8) is 0 Å². The number of aldehydes is 1. The molecule has 0 atom stereocenters. The Morgan fingerprint density at radius 1 is 1.43 bits per heavy atom. The molecule has 14 heavy (non-hydrogen) atoms. The maximum Gasteiger partial charge on any atom is 0.180 e. The van der Waals surface area contributed by atoms with Gasteiger partial charge in [0.2, 0.25) is 0 Å². The zero-order chi connectivity index (χ0) is 9.97. The van der Waals surface area contributed by atoms with Crippen LogP contribution in [0.3, 0.4) is 0 Å². The Hall–Kier alpha value is -1.26. The van der Waals surface area contributed by atoms with Crippen molar-refractivity contribution in [1.82, 2.24) is 9.36 Å². The molecule has 0 saturated carbocycles. The van der Waals surface area contributed by atoms with E-state index in [0.29, 0.717) is 22.1 Å². The van der Waals surface area contributed by atoms with Gasteiger partial charge < -0.3 is 0 Å². The summed E-state index contributed by atoms with van der Waals surface area (Å²) in [7, 11) is 0. The Balaban J connectivity index is 2.43. The molecular formula is C9H5ClN2OS. The van der Waals surface area contributed by atoms with Crippen molar-refractivity contribution < 1.29 is 4.79 Å². The predicted octanol–water partition coefficient (Wildman–Crippen LogP) is 2.67. The van der Waals surface area contributed by atoms with E-state index in [-0.39, 0.29) is 0 Å². The molecule has 2 aromatic rings. The van der Waals surface area contributed by atoms with Gasteiger partial charge in [0.05, 0.1) is 0 Å². The molecule has 0 aliphatic rings. The largest absolute Gasteiger partial charge is 0.295 e. The molecule has 0 aliphatic carbocycles. The van der Waals surface area contributed by atoms with Gasteiger partial charge in [-0.15, -0.1) is 0 Å². The summed E-state index contributed by atoms with van der Waals surface area (Å²) in [5.74, 6) is 0.541. The second-order valence-electron chi connectivity index (χ2n) is 2.58. The second-order valence-corrected chi connectivity index (χ2v) is 3.80. The number of carbonyl (C=O) groups is 1. The lowest BCUT2D eigenvalue weighted by Crippen LogP contribution is -1.81. The molecule has 0 radical (unpaired) electrons. The molecule has 1 aromatic heterocycles. The Kier molecular flexibility index (Phi) is 2.56. The zero-order valence-electron chi connectivity index (χ0n) is 6.98. The number of halogens is 1. The monoisotopic (exact) mass is 224 g/mol. The summed E-state index contributed by atoms with van der Waals surface area (Å²) in [4.78, 5) is 14.4. The minimum atomic E-state index is 0.375. The number of rotatable bonds is 2.